The first kappa shape index (κ1) is 22.5. The molecule has 0 atom stereocenters. The molecule has 2 N–H and O–H groups in total. The Morgan fingerprint density at radius 1 is 1.33 bits per heavy atom. The zero-order valence-corrected chi connectivity index (χ0v) is 13.1. The summed E-state index contributed by atoms with van der Waals surface area (Å²) in [5, 5.41) is 29.0. The number of aliphatic hydroxyl groups excluding tert-OH is 1. The van der Waals surface area contributed by atoms with E-state index in [9.17, 15) is 9.90 Å². The molecule has 0 saturated carbocycles. The van der Waals surface area contributed by atoms with Crippen molar-refractivity contribution in [2.24, 2.45) is 4.99 Å². The number of rotatable bonds is 12. The Balaban J connectivity index is 0. The van der Waals surface area contributed by atoms with Gasteiger partial charge in [-0.3, -0.25) is 14.7 Å². The van der Waals surface area contributed by atoms with Gasteiger partial charge in [0.15, 0.2) is 0 Å². The van der Waals surface area contributed by atoms with Crippen LogP contribution in [0.1, 0.15) is 39.0 Å². The van der Waals surface area contributed by atoms with Crippen molar-refractivity contribution in [3.63, 3.8) is 0 Å². The van der Waals surface area contributed by atoms with Crippen molar-refractivity contribution in [1.29, 1.82) is 0 Å². The van der Waals surface area contributed by atoms with Crippen molar-refractivity contribution in [3.8, 4) is 0 Å². The van der Waals surface area contributed by atoms with Gasteiger partial charge < -0.3 is 15.3 Å². The number of unbranched alkanes of at least 4 members (excludes halogenated alkanes) is 2. The van der Waals surface area contributed by atoms with Gasteiger partial charge in [-0.1, -0.05) is 12.2 Å². The smallest absolute Gasteiger partial charge is 0.862 e. The van der Waals surface area contributed by atoms with E-state index >= 15 is 0 Å². The number of hydrogen-bond acceptors (Lipinski definition) is 5. The number of carbonyl (C=O) groups is 1. The SMILES string of the molecule is C/C=C/CCCCC([O-])=NCN(CCCO)CC(=O)O.[Li+]. The molecule has 7 heteroatoms. The molecular weight excluding hydrogens is 267 g/mol. The Bertz CT molecular complexity index is 322. The summed E-state index contributed by atoms with van der Waals surface area (Å²) in [6, 6.07) is 0. The van der Waals surface area contributed by atoms with Gasteiger partial charge in [-0.05, 0) is 44.9 Å². The molecule has 116 valence electrons. The number of aliphatic carboxylic acids is 1. The van der Waals surface area contributed by atoms with Crippen LogP contribution in [-0.2, 0) is 4.79 Å². The molecule has 0 heterocycles. The molecule has 0 aromatic carbocycles. The van der Waals surface area contributed by atoms with Gasteiger partial charge in [0, 0.05) is 13.2 Å². The van der Waals surface area contributed by atoms with E-state index in [0.717, 1.165) is 19.3 Å². The van der Waals surface area contributed by atoms with Crippen LogP contribution in [0.5, 0.6) is 0 Å². The Labute approximate surface area is 138 Å². The molecule has 0 unspecified atom stereocenters. The van der Waals surface area contributed by atoms with Crippen LogP contribution in [0.4, 0.5) is 0 Å². The first-order chi connectivity index (χ1) is 9.60. The van der Waals surface area contributed by atoms with E-state index in [0.29, 0.717) is 19.4 Å². The van der Waals surface area contributed by atoms with Gasteiger partial charge in [0.05, 0.1) is 13.2 Å². The minimum atomic E-state index is -0.961. The van der Waals surface area contributed by atoms with E-state index in [1.807, 2.05) is 13.0 Å². The number of carboxylic acids is 1. The second-order valence-electron chi connectivity index (χ2n) is 4.53. The van der Waals surface area contributed by atoms with Crippen molar-refractivity contribution in [2.75, 3.05) is 26.4 Å². The maximum atomic E-state index is 11.5. The summed E-state index contributed by atoms with van der Waals surface area (Å²) < 4.78 is 0. The quantitative estimate of drug-likeness (QED) is 0.138. The number of nitrogens with zero attached hydrogens (tertiary/aromatic N) is 2. The Morgan fingerprint density at radius 3 is 2.62 bits per heavy atom. The molecule has 0 aromatic rings. The van der Waals surface area contributed by atoms with E-state index in [1.54, 1.807) is 0 Å². The second kappa shape index (κ2) is 15.6. The predicted octanol–water partition coefficient (Wildman–Crippen LogP) is -2.39. The molecule has 0 spiro atoms. The Hall–Kier alpha value is -0.803. The molecule has 0 aromatic heterocycles. The summed E-state index contributed by atoms with van der Waals surface area (Å²) in [6.45, 7) is 2.29. The normalized spacial score (nSPS) is 11.9. The molecule has 0 saturated heterocycles. The molecule has 6 nitrogen and oxygen atoms in total. The fourth-order valence-electron chi connectivity index (χ4n) is 1.65. The fourth-order valence-corrected chi connectivity index (χ4v) is 1.65. The Kier molecular flexibility index (Phi) is 16.7. The maximum absolute atomic E-state index is 11.5. The third-order valence-electron chi connectivity index (χ3n) is 2.69. The van der Waals surface area contributed by atoms with E-state index in [2.05, 4.69) is 11.1 Å². The second-order valence-corrected chi connectivity index (χ2v) is 4.53. The van der Waals surface area contributed by atoms with Crippen molar-refractivity contribution < 1.29 is 39.0 Å². The molecule has 0 amide bonds. The molecule has 0 aliphatic heterocycles. The average Bonchev–Trinajstić information content (AvgIpc) is 2.41. The van der Waals surface area contributed by atoms with E-state index in [1.165, 1.54) is 4.90 Å². The fraction of sp³-hybridized carbons (Fsp3) is 0.714. The van der Waals surface area contributed by atoms with E-state index in [-0.39, 0.29) is 44.6 Å². The van der Waals surface area contributed by atoms with Crippen LogP contribution in [-0.4, -0.2) is 53.3 Å². The number of aliphatic imine (C=N–C) groups is 1. The van der Waals surface area contributed by atoms with Crippen LogP contribution < -0.4 is 24.0 Å². The van der Waals surface area contributed by atoms with Crippen molar-refractivity contribution in [1.82, 2.24) is 4.90 Å². The molecule has 0 radical (unpaired) electrons. The van der Waals surface area contributed by atoms with Crippen LogP contribution in [0, 0.1) is 0 Å². The van der Waals surface area contributed by atoms with Crippen LogP contribution >= 0.6 is 0 Å². The number of allylic oxidation sites excluding steroid dienone is 2. The number of hydrogen-bond donors (Lipinski definition) is 2. The van der Waals surface area contributed by atoms with Gasteiger partial charge in [0.1, 0.15) is 0 Å². The summed E-state index contributed by atoms with van der Waals surface area (Å²) in [4.78, 5) is 16.1. The summed E-state index contributed by atoms with van der Waals surface area (Å²) in [5.41, 5.74) is 0. The van der Waals surface area contributed by atoms with Crippen molar-refractivity contribution in [3.05, 3.63) is 12.2 Å². The molecule has 0 rings (SSSR count). The summed E-state index contributed by atoms with van der Waals surface area (Å²) in [6.07, 6.45) is 7.63. The van der Waals surface area contributed by atoms with E-state index in [4.69, 9.17) is 10.2 Å². The maximum Gasteiger partial charge on any atom is 1.00 e. The van der Waals surface area contributed by atoms with E-state index < -0.39 is 5.97 Å². The van der Waals surface area contributed by atoms with Gasteiger partial charge in [-0.25, -0.2) is 0 Å². The Morgan fingerprint density at radius 2 is 2.05 bits per heavy atom. The molecule has 0 aliphatic carbocycles. The molecule has 0 fully saturated rings. The van der Waals surface area contributed by atoms with Crippen LogP contribution in [0.3, 0.4) is 0 Å². The summed E-state index contributed by atoms with van der Waals surface area (Å²) in [5.74, 6) is -1.15. The minimum Gasteiger partial charge on any atom is -0.862 e. The van der Waals surface area contributed by atoms with Crippen LogP contribution in [0.15, 0.2) is 17.1 Å². The number of carboxylic acid groups (broad SMARTS) is 1. The van der Waals surface area contributed by atoms with Gasteiger partial charge in [-0.2, -0.15) is 0 Å². The zero-order chi connectivity index (χ0) is 15.2. The van der Waals surface area contributed by atoms with Crippen molar-refractivity contribution in [2.45, 2.75) is 39.0 Å². The average molecular weight is 292 g/mol. The summed E-state index contributed by atoms with van der Waals surface area (Å²) in [7, 11) is 0. The van der Waals surface area contributed by atoms with Crippen LogP contribution in [0.2, 0.25) is 0 Å². The topological polar surface area (TPSA) is 96.2 Å². The molecule has 0 bridgehead atoms. The predicted molar refractivity (Wildman–Crippen MR) is 76.5 cm³/mol. The van der Waals surface area contributed by atoms with Crippen molar-refractivity contribution >= 4 is 11.9 Å². The third-order valence-corrected chi connectivity index (χ3v) is 2.69. The molecule has 21 heavy (non-hydrogen) atoms. The minimum absolute atomic E-state index is 0. The standard InChI is InChI=1S/C14H26N2O4.Li/c1-2-3-4-5-6-8-13(18)15-12-16(9-7-10-17)11-14(19)20;/h2-3,17H,4-12H2,1H3,(H,15,18)(H,19,20);/q;+1/p-1/b3-2+;. The monoisotopic (exact) mass is 292 g/mol. The number of aliphatic hydroxyl groups is 1. The van der Waals surface area contributed by atoms with Gasteiger partial charge in [-0.15, -0.1) is 0 Å². The largest absolute Gasteiger partial charge is 1.00 e. The third kappa shape index (κ3) is 15.4. The zero-order valence-electron chi connectivity index (χ0n) is 13.1. The van der Waals surface area contributed by atoms with Gasteiger partial charge >= 0.3 is 24.8 Å². The molecule has 0 aliphatic rings. The first-order valence-corrected chi connectivity index (χ1v) is 6.96. The first-order valence-electron chi connectivity index (χ1n) is 6.96. The molecular formula is C14H25LiN2O4. The van der Waals surface area contributed by atoms with Gasteiger partial charge in [0.2, 0.25) is 0 Å². The summed E-state index contributed by atoms with van der Waals surface area (Å²) >= 11 is 0. The van der Waals surface area contributed by atoms with Crippen LogP contribution in [0.25, 0.3) is 0 Å². The van der Waals surface area contributed by atoms with Gasteiger partial charge in [0.25, 0.3) is 0 Å².